The van der Waals surface area contributed by atoms with E-state index in [0.717, 1.165) is 50.2 Å². The molecular formula is C25H31FN2O2. The van der Waals surface area contributed by atoms with Crippen LogP contribution in [0.3, 0.4) is 0 Å². The van der Waals surface area contributed by atoms with Gasteiger partial charge < -0.3 is 10.1 Å². The SMILES string of the molecule is COc1ccccc1C=CCN1CCCC(CCC(=O)NCc2ccccc2F)C1. The Hall–Kier alpha value is -2.66. The molecule has 2 aromatic carbocycles. The number of rotatable bonds is 9. The van der Waals surface area contributed by atoms with Gasteiger partial charge in [-0.05, 0) is 43.9 Å². The monoisotopic (exact) mass is 410 g/mol. The Balaban J connectivity index is 1.39. The molecule has 0 radical (unpaired) electrons. The van der Waals surface area contributed by atoms with Crippen molar-refractivity contribution in [1.29, 1.82) is 0 Å². The summed E-state index contributed by atoms with van der Waals surface area (Å²) in [6.45, 7) is 3.24. The number of ether oxygens (including phenoxy) is 1. The Labute approximate surface area is 178 Å². The molecule has 5 heteroatoms. The molecule has 30 heavy (non-hydrogen) atoms. The molecule has 1 N–H and O–H groups in total. The van der Waals surface area contributed by atoms with E-state index >= 15 is 0 Å². The standard InChI is InChI=1S/C25H31FN2O2/c1-30-24-13-5-3-9-21(24)11-7-17-28-16-6-8-20(19-28)14-15-25(29)27-18-22-10-2-4-12-23(22)26/h2-5,7,9-13,20H,6,8,14-19H2,1H3,(H,27,29). The highest BCUT2D eigenvalue weighted by atomic mass is 19.1. The van der Waals surface area contributed by atoms with Gasteiger partial charge in [-0.1, -0.05) is 48.6 Å². The lowest BCUT2D eigenvalue weighted by atomic mass is 9.93. The minimum atomic E-state index is -0.276. The normalized spacial score (nSPS) is 17.2. The van der Waals surface area contributed by atoms with Gasteiger partial charge in [0.25, 0.3) is 0 Å². The van der Waals surface area contributed by atoms with E-state index < -0.39 is 0 Å². The molecule has 1 heterocycles. The van der Waals surface area contributed by atoms with Gasteiger partial charge >= 0.3 is 0 Å². The zero-order valence-corrected chi connectivity index (χ0v) is 17.6. The van der Waals surface area contributed by atoms with E-state index in [9.17, 15) is 9.18 Å². The Morgan fingerprint density at radius 2 is 2.03 bits per heavy atom. The molecule has 1 aliphatic rings. The number of para-hydroxylation sites is 1. The first kappa shape index (κ1) is 22.0. The number of hydrogen-bond acceptors (Lipinski definition) is 3. The molecule has 1 saturated heterocycles. The lowest BCUT2D eigenvalue weighted by Crippen LogP contribution is -2.36. The van der Waals surface area contributed by atoms with Gasteiger partial charge in [-0.3, -0.25) is 9.69 Å². The smallest absolute Gasteiger partial charge is 0.220 e. The maximum Gasteiger partial charge on any atom is 0.220 e. The van der Waals surface area contributed by atoms with Crippen LogP contribution in [0.4, 0.5) is 4.39 Å². The average molecular weight is 411 g/mol. The Morgan fingerprint density at radius 1 is 1.23 bits per heavy atom. The number of nitrogens with zero attached hydrogens (tertiary/aromatic N) is 1. The molecule has 0 aromatic heterocycles. The van der Waals surface area contributed by atoms with Crippen LogP contribution < -0.4 is 10.1 Å². The lowest BCUT2D eigenvalue weighted by Gasteiger charge is -2.32. The number of benzene rings is 2. The molecule has 0 spiro atoms. The molecule has 1 amide bonds. The fourth-order valence-electron chi connectivity index (χ4n) is 3.94. The number of piperidine rings is 1. The molecule has 2 aromatic rings. The first-order chi connectivity index (χ1) is 14.7. The molecule has 0 aliphatic carbocycles. The van der Waals surface area contributed by atoms with Gasteiger partial charge in [0.1, 0.15) is 11.6 Å². The fraction of sp³-hybridized carbons (Fsp3) is 0.400. The Morgan fingerprint density at radius 3 is 2.87 bits per heavy atom. The minimum Gasteiger partial charge on any atom is -0.496 e. The molecular weight excluding hydrogens is 379 g/mol. The van der Waals surface area contributed by atoms with Crippen LogP contribution in [0.15, 0.2) is 54.6 Å². The van der Waals surface area contributed by atoms with E-state index in [-0.39, 0.29) is 18.3 Å². The Bertz CT molecular complexity index is 853. The van der Waals surface area contributed by atoms with E-state index in [1.54, 1.807) is 25.3 Å². The number of nitrogens with one attached hydrogen (secondary N) is 1. The summed E-state index contributed by atoms with van der Waals surface area (Å²) in [5, 5.41) is 2.84. The predicted octanol–water partition coefficient (Wildman–Crippen LogP) is 4.66. The fourth-order valence-corrected chi connectivity index (χ4v) is 3.94. The van der Waals surface area contributed by atoms with Crippen LogP contribution in [-0.4, -0.2) is 37.6 Å². The number of methoxy groups -OCH3 is 1. The minimum absolute atomic E-state index is 0.00792. The molecule has 160 valence electrons. The van der Waals surface area contributed by atoms with Crippen LogP contribution in [0.2, 0.25) is 0 Å². The second-order valence-corrected chi connectivity index (χ2v) is 7.82. The summed E-state index contributed by atoms with van der Waals surface area (Å²) in [5.74, 6) is 1.12. The van der Waals surface area contributed by atoms with Crippen molar-refractivity contribution < 1.29 is 13.9 Å². The molecule has 4 nitrogen and oxygen atoms in total. The summed E-state index contributed by atoms with van der Waals surface area (Å²) in [4.78, 5) is 14.6. The third-order valence-corrected chi connectivity index (χ3v) is 5.62. The van der Waals surface area contributed by atoms with E-state index in [0.29, 0.717) is 17.9 Å². The van der Waals surface area contributed by atoms with Crippen LogP contribution in [0, 0.1) is 11.7 Å². The summed E-state index contributed by atoms with van der Waals surface area (Å²) >= 11 is 0. The van der Waals surface area contributed by atoms with E-state index in [1.807, 2.05) is 24.3 Å². The van der Waals surface area contributed by atoms with Crippen molar-refractivity contribution in [2.75, 3.05) is 26.7 Å². The highest BCUT2D eigenvalue weighted by Crippen LogP contribution is 2.22. The average Bonchev–Trinajstić information content (AvgIpc) is 2.78. The first-order valence-corrected chi connectivity index (χ1v) is 10.7. The highest BCUT2D eigenvalue weighted by Gasteiger charge is 2.19. The van der Waals surface area contributed by atoms with Crippen molar-refractivity contribution >= 4 is 12.0 Å². The molecule has 1 aliphatic heterocycles. The topological polar surface area (TPSA) is 41.6 Å². The predicted molar refractivity (Wildman–Crippen MR) is 119 cm³/mol. The number of carbonyl (C=O) groups is 1. The maximum absolute atomic E-state index is 13.6. The maximum atomic E-state index is 13.6. The van der Waals surface area contributed by atoms with Gasteiger partial charge in [0.2, 0.25) is 5.91 Å². The Kier molecular flexibility index (Phi) is 8.45. The van der Waals surface area contributed by atoms with Crippen molar-refractivity contribution in [3.8, 4) is 5.75 Å². The second-order valence-electron chi connectivity index (χ2n) is 7.82. The second kappa shape index (κ2) is 11.5. The zero-order valence-electron chi connectivity index (χ0n) is 17.6. The molecule has 1 fully saturated rings. The molecule has 1 atom stereocenters. The highest BCUT2D eigenvalue weighted by molar-refractivity contribution is 5.75. The summed E-state index contributed by atoms with van der Waals surface area (Å²) < 4.78 is 19.0. The number of hydrogen-bond donors (Lipinski definition) is 1. The van der Waals surface area contributed by atoms with Crippen LogP contribution in [-0.2, 0) is 11.3 Å². The summed E-state index contributed by atoms with van der Waals surface area (Å²) in [6.07, 6.45) is 7.97. The molecule has 1 unspecified atom stereocenters. The van der Waals surface area contributed by atoms with E-state index in [4.69, 9.17) is 4.74 Å². The van der Waals surface area contributed by atoms with Crippen LogP contribution >= 0.6 is 0 Å². The molecule has 3 rings (SSSR count). The lowest BCUT2D eigenvalue weighted by molar-refractivity contribution is -0.121. The third-order valence-electron chi connectivity index (χ3n) is 5.62. The summed E-state index contributed by atoms with van der Waals surface area (Å²) in [5.41, 5.74) is 1.61. The van der Waals surface area contributed by atoms with Crippen molar-refractivity contribution in [2.45, 2.75) is 32.2 Å². The molecule has 0 bridgehead atoms. The van der Waals surface area contributed by atoms with Gasteiger partial charge in [-0.25, -0.2) is 4.39 Å². The largest absolute Gasteiger partial charge is 0.496 e. The summed E-state index contributed by atoms with van der Waals surface area (Å²) in [6, 6.07) is 14.6. The van der Waals surface area contributed by atoms with Gasteiger partial charge in [0.05, 0.1) is 7.11 Å². The zero-order chi connectivity index (χ0) is 21.2. The van der Waals surface area contributed by atoms with Crippen molar-refractivity contribution in [3.63, 3.8) is 0 Å². The number of amides is 1. The third kappa shape index (κ3) is 6.70. The van der Waals surface area contributed by atoms with Crippen LogP contribution in [0.25, 0.3) is 6.08 Å². The van der Waals surface area contributed by atoms with Crippen LogP contribution in [0.1, 0.15) is 36.8 Å². The van der Waals surface area contributed by atoms with E-state index in [1.165, 1.54) is 6.07 Å². The van der Waals surface area contributed by atoms with E-state index in [2.05, 4.69) is 22.4 Å². The van der Waals surface area contributed by atoms with Gasteiger partial charge in [0.15, 0.2) is 0 Å². The first-order valence-electron chi connectivity index (χ1n) is 10.7. The van der Waals surface area contributed by atoms with Crippen molar-refractivity contribution in [1.82, 2.24) is 10.2 Å². The summed E-state index contributed by atoms with van der Waals surface area (Å²) in [7, 11) is 1.69. The van der Waals surface area contributed by atoms with Crippen molar-refractivity contribution in [3.05, 3.63) is 71.6 Å². The number of halogens is 1. The quantitative estimate of drug-likeness (QED) is 0.654. The molecule has 0 saturated carbocycles. The van der Waals surface area contributed by atoms with Crippen LogP contribution in [0.5, 0.6) is 5.75 Å². The number of likely N-dealkylation sites (tertiary alicyclic amines) is 1. The number of carbonyl (C=O) groups excluding carboxylic acids is 1. The van der Waals surface area contributed by atoms with Gasteiger partial charge in [0, 0.05) is 37.2 Å². The van der Waals surface area contributed by atoms with Gasteiger partial charge in [-0.2, -0.15) is 0 Å². The van der Waals surface area contributed by atoms with Gasteiger partial charge in [-0.15, -0.1) is 0 Å². The van der Waals surface area contributed by atoms with Crippen molar-refractivity contribution in [2.24, 2.45) is 5.92 Å².